The standard InChI is InChI=1S/C13H23N/c1-4-13(5-2)14-11(3)12-9-7-6-8-10-12/h1,11-14H,5-10H2,2-3H3/t11-,13?/m0/s1. The van der Waals surface area contributed by atoms with Crippen LogP contribution >= 0.6 is 0 Å². The summed E-state index contributed by atoms with van der Waals surface area (Å²) in [5.41, 5.74) is 0. The Hall–Kier alpha value is -0.480. The Bertz CT molecular complexity index is 186. The molecule has 0 aromatic carbocycles. The predicted octanol–water partition coefficient (Wildman–Crippen LogP) is 2.96. The van der Waals surface area contributed by atoms with Gasteiger partial charge in [0.2, 0.25) is 0 Å². The Morgan fingerprint density at radius 3 is 2.50 bits per heavy atom. The summed E-state index contributed by atoms with van der Waals surface area (Å²) in [4.78, 5) is 0. The van der Waals surface area contributed by atoms with Crippen molar-refractivity contribution in [2.45, 2.75) is 64.5 Å². The molecule has 0 bridgehead atoms. The Morgan fingerprint density at radius 1 is 1.36 bits per heavy atom. The van der Waals surface area contributed by atoms with Crippen molar-refractivity contribution in [1.82, 2.24) is 5.32 Å². The van der Waals surface area contributed by atoms with Crippen LogP contribution in [0.5, 0.6) is 0 Å². The fraction of sp³-hybridized carbons (Fsp3) is 0.846. The Morgan fingerprint density at radius 2 is 2.00 bits per heavy atom. The van der Waals surface area contributed by atoms with Crippen molar-refractivity contribution in [1.29, 1.82) is 0 Å². The average Bonchev–Trinajstić information content (AvgIpc) is 2.26. The molecular weight excluding hydrogens is 170 g/mol. The van der Waals surface area contributed by atoms with E-state index in [9.17, 15) is 0 Å². The molecule has 0 heterocycles. The Balaban J connectivity index is 2.32. The maximum atomic E-state index is 5.45. The number of terminal acetylenes is 1. The third kappa shape index (κ3) is 3.35. The van der Waals surface area contributed by atoms with E-state index in [0.717, 1.165) is 12.3 Å². The molecule has 1 aliphatic carbocycles. The van der Waals surface area contributed by atoms with Crippen LogP contribution in [0.15, 0.2) is 0 Å². The molecule has 1 N–H and O–H groups in total. The fourth-order valence-electron chi connectivity index (χ4n) is 2.37. The molecule has 1 unspecified atom stereocenters. The lowest BCUT2D eigenvalue weighted by atomic mass is 9.84. The summed E-state index contributed by atoms with van der Waals surface area (Å²) in [6.45, 7) is 4.43. The predicted molar refractivity (Wildman–Crippen MR) is 62.1 cm³/mol. The first-order valence-corrected chi connectivity index (χ1v) is 6.00. The second-order valence-electron chi connectivity index (χ2n) is 4.48. The molecule has 14 heavy (non-hydrogen) atoms. The first-order chi connectivity index (χ1) is 6.77. The highest BCUT2D eigenvalue weighted by Crippen LogP contribution is 2.26. The van der Waals surface area contributed by atoms with E-state index in [1.165, 1.54) is 32.1 Å². The molecule has 0 aromatic rings. The summed E-state index contributed by atoms with van der Waals surface area (Å²) < 4.78 is 0. The van der Waals surface area contributed by atoms with E-state index in [1.807, 2.05) is 0 Å². The molecule has 1 heteroatoms. The van der Waals surface area contributed by atoms with Crippen molar-refractivity contribution >= 4 is 0 Å². The van der Waals surface area contributed by atoms with Gasteiger partial charge in [-0.25, -0.2) is 0 Å². The topological polar surface area (TPSA) is 12.0 Å². The number of nitrogens with one attached hydrogen (secondary N) is 1. The van der Waals surface area contributed by atoms with Crippen LogP contribution in [0.4, 0.5) is 0 Å². The molecule has 0 radical (unpaired) electrons. The van der Waals surface area contributed by atoms with Gasteiger partial charge in [0.05, 0.1) is 6.04 Å². The van der Waals surface area contributed by atoms with Crippen molar-refractivity contribution in [2.24, 2.45) is 5.92 Å². The summed E-state index contributed by atoms with van der Waals surface area (Å²) in [6, 6.07) is 0.864. The van der Waals surface area contributed by atoms with Crippen LogP contribution in [0.25, 0.3) is 0 Å². The van der Waals surface area contributed by atoms with Gasteiger partial charge in [-0.2, -0.15) is 0 Å². The normalized spacial score (nSPS) is 22.6. The van der Waals surface area contributed by atoms with Crippen LogP contribution in [0, 0.1) is 18.3 Å². The molecule has 2 atom stereocenters. The lowest BCUT2D eigenvalue weighted by Crippen LogP contribution is -2.40. The maximum Gasteiger partial charge on any atom is 0.0686 e. The van der Waals surface area contributed by atoms with Crippen molar-refractivity contribution in [2.75, 3.05) is 0 Å². The third-order valence-electron chi connectivity index (χ3n) is 3.43. The smallest absolute Gasteiger partial charge is 0.0686 e. The summed E-state index contributed by atoms with van der Waals surface area (Å²) >= 11 is 0. The van der Waals surface area contributed by atoms with Gasteiger partial charge in [-0.05, 0) is 32.1 Å². The van der Waals surface area contributed by atoms with E-state index in [-0.39, 0.29) is 6.04 Å². The summed E-state index contributed by atoms with van der Waals surface area (Å²) in [6.07, 6.45) is 13.5. The SMILES string of the molecule is C#CC(CC)N[C@@H](C)C1CCCCC1. The van der Waals surface area contributed by atoms with Crippen LogP contribution < -0.4 is 5.32 Å². The molecule has 0 spiro atoms. The highest BCUT2D eigenvalue weighted by molar-refractivity contribution is 4.99. The third-order valence-corrected chi connectivity index (χ3v) is 3.43. The van der Waals surface area contributed by atoms with Gasteiger partial charge in [0, 0.05) is 6.04 Å². The molecule has 1 rings (SSSR count). The fourth-order valence-corrected chi connectivity index (χ4v) is 2.37. The molecule has 0 amide bonds. The van der Waals surface area contributed by atoms with E-state index in [0.29, 0.717) is 6.04 Å². The molecule has 1 fully saturated rings. The maximum absolute atomic E-state index is 5.45. The van der Waals surface area contributed by atoms with Gasteiger partial charge < -0.3 is 5.32 Å². The number of hydrogen-bond donors (Lipinski definition) is 1. The van der Waals surface area contributed by atoms with Gasteiger partial charge in [0.1, 0.15) is 0 Å². The largest absolute Gasteiger partial charge is 0.301 e. The van der Waals surface area contributed by atoms with Gasteiger partial charge in [0.25, 0.3) is 0 Å². The zero-order chi connectivity index (χ0) is 10.4. The molecule has 1 nitrogen and oxygen atoms in total. The minimum absolute atomic E-state index is 0.270. The first-order valence-electron chi connectivity index (χ1n) is 6.00. The van der Waals surface area contributed by atoms with E-state index in [2.05, 4.69) is 25.1 Å². The zero-order valence-corrected chi connectivity index (χ0v) is 9.55. The lowest BCUT2D eigenvalue weighted by molar-refractivity contribution is 0.273. The van der Waals surface area contributed by atoms with Crippen molar-refractivity contribution in [3.8, 4) is 12.3 Å². The molecule has 0 aromatic heterocycles. The van der Waals surface area contributed by atoms with Gasteiger partial charge in [-0.1, -0.05) is 32.1 Å². The van der Waals surface area contributed by atoms with Crippen LogP contribution in [-0.2, 0) is 0 Å². The molecule has 80 valence electrons. The van der Waals surface area contributed by atoms with E-state index in [1.54, 1.807) is 0 Å². The monoisotopic (exact) mass is 193 g/mol. The lowest BCUT2D eigenvalue weighted by Gasteiger charge is -2.30. The van der Waals surface area contributed by atoms with Crippen LogP contribution in [0.3, 0.4) is 0 Å². The first kappa shape index (κ1) is 11.6. The van der Waals surface area contributed by atoms with Crippen LogP contribution in [0.2, 0.25) is 0 Å². The van der Waals surface area contributed by atoms with E-state index >= 15 is 0 Å². The van der Waals surface area contributed by atoms with Crippen LogP contribution in [-0.4, -0.2) is 12.1 Å². The van der Waals surface area contributed by atoms with E-state index < -0.39 is 0 Å². The average molecular weight is 193 g/mol. The molecule has 0 aliphatic heterocycles. The zero-order valence-electron chi connectivity index (χ0n) is 9.55. The summed E-state index contributed by atoms with van der Waals surface area (Å²) in [5.74, 6) is 3.66. The quantitative estimate of drug-likeness (QED) is 0.677. The highest BCUT2D eigenvalue weighted by atomic mass is 14.9. The second-order valence-corrected chi connectivity index (χ2v) is 4.48. The van der Waals surface area contributed by atoms with Crippen molar-refractivity contribution in [3.63, 3.8) is 0 Å². The van der Waals surface area contributed by atoms with Crippen molar-refractivity contribution < 1.29 is 0 Å². The second kappa shape index (κ2) is 6.09. The van der Waals surface area contributed by atoms with Gasteiger partial charge >= 0.3 is 0 Å². The number of hydrogen-bond acceptors (Lipinski definition) is 1. The summed E-state index contributed by atoms with van der Waals surface area (Å²) in [5, 5.41) is 3.55. The minimum Gasteiger partial charge on any atom is -0.301 e. The molecular formula is C13H23N. The molecule has 1 saturated carbocycles. The molecule has 1 aliphatic rings. The Kier molecular flexibility index (Phi) is 5.04. The van der Waals surface area contributed by atoms with Gasteiger partial charge in [0.15, 0.2) is 0 Å². The number of rotatable bonds is 4. The van der Waals surface area contributed by atoms with Gasteiger partial charge in [-0.15, -0.1) is 6.42 Å². The van der Waals surface area contributed by atoms with Gasteiger partial charge in [-0.3, -0.25) is 0 Å². The van der Waals surface area contributed by atoms with Crippen molar-refractivity contribution in [3.05, 3.63) is 0 Å². The van der Waals surface area contributed by atoms with Crippen LogP contribution in [0.1, 0.15) is 52.4 Å². The summed E-state index contributed by atoms with van der Waals surface area (Å²) in [7, 11) is 0. The Labute approximate surface area is 88.7 Å². The minimum atomic E-state index is 0.270. The molecule has 0 saturated heterocycles. The highest BCUT2D eigenvalue weighted by Gasteiger charge is 2.20. The van der Waals surface area contributed by atoms with E-state index in [4.69, 9.17) is 6.42 Å².